The van der Waals surface area contributed by atoms with Gasteiger partial charge in [0.25, 0.3) is 0 Å². The highest BCUT2D eigenvalue weighted by atomic mass is 16.1. The van der Waals surface area contributed by atoms with E-state index in [9.17, 15) is 4.79 Å². The van der Waals surface area contributed by atoms with Gasteiger partial charge in [-0.25, -0.2) is 0 Å². The molecular formula is C6H6N2O. The molecule has 46 valence electrons. The maximum Gasteiger partial charge on any atom is 0.219 e. The number of carbonyl (C=O) groups is 1. The quantitative estimate of drug-likeness (QED) is 0.524. The molecule has 1 heterocycles. The van der Waals surface area contributed by atoms with E-state index < -0.39 is 0 Å². The Labute approximate surface area is 52.1 Å². The topological polar surface area (TPSA) is 45.9 Å². The van der Waals surface area contributed by atoms with Crippen LogP contribution in [0.1, 0.15) is 0 Å². The molecule has 0 aliphatic heterocycles. The van der Waals surface area contributed by atoms with Gasteiger partial charge < -0.3 is 0 Å². The van der Waals surface area contributed by atoms with Crippen LogP contribution in [0.5, 0.6) is 0 Å². The highest BCUT2D eigenvalue weighted by molar-refractivity contribution is 5.51. The highest BCUT2D eigenvalue weighted by Crippen LogP contribution is 1.73. The maximum atomic E-state index is 10.1. The van der Waals surface area contributed by atoms with Crippen molar-refractivity contribution in [3.05, 3.63) is 29.9 Å². The summed E-state index contributed by atoms with van der Waals surface area (Å²) in [6, 6.07) is 4.96. The standard InChI is InChI=1S/C6H6N2O/c7-6-3-1-2-4-8(6)5-9/h1-5,7H. The molecule has 0 radical (unpaired) electrons. The second-order valence-electron chi connectivity index (χ2n) is 1.60. The average Bonchev–Trinajstić information content (AvgIpc) is 1.89. The van der Waals surface area contributed by atoms with Crippen molar-refractivity contribution in [3.8, 4) is 0 Å². The van der Waals surface area contributed by atoms with Crippen molar-refractivity contribution in [2.24, 2.45) is 0 Å². The van der Waals surface area contributed by atoms with Crippen LogP contribution >= 0.6 is 0 Å². The molecule has 3 nitrogen and oxygen atoms in total. The second kappa shape index (κ2) is 2.26. The summed E-state index contributed by atoms with van der Waals surface area (Å²) in [6.45, 7) is 0. The van der Waals surface area contributed by atoms with Crippen LogP contribution in [0.2, 0.25) is 0 Å². The van der Waals surface area contributed by atoms with Gasteiger partial charge in [-0.05, 0) is 12.1 Å². The van der Waals surface area contributed by atoms with E-state index in [2.05, 4.69) is 0 Å². The van der Waals surface area contributed by atoms with Gasteiger partial charge in [0.05, 0.1) is 0 Å². The number of pyridine rings is 1. The zero-order chi connectivity index (χ0) is 6.69. The Hall–Kier alpha value is -1.38. The summed E-state index contributed by atoms with van der Waals surface area (Å²) in [7, 11) is 0. The molecule has 0 saturated heterocycles. The molecule has 3 heteroatoms. The first-order valence-corrected chi connectivity index (χ1v) is 2.51. The fraction of sp³-hybridized carbons (Fsp3) is 0. The Morgan fingerprint density at radius 3 is 2.78 bits per heavy atom. The third kappa shape index (κ3) is 1.05. The number of hydrogen-bond acceptors (Lipinski definition) is 2. The van der Waals surface area contributed by atoms with Gasteiger partial charge in [0.2, 0.25) is 6.41 Å². The van der Waals surface area contributed by atoms with Gasteiger partial charge in [0.15, 0.2) is 0 Å². The molecule has 0 unspecified atom stereocenters. The largest absolute Gasteiger partial charge is 0.284 e. The lowest BCUT2D eigenvalue weighted by molar-refractivity contribution is 0.544. The Morgan fingerprint density at radius 1 is 1.56 bits per heavy atom. The van der Waals surface area contributed by atoms with Gasteiger partial charge in [-0.15, -0.1) is 0 Å². The minimum atomic E-state index is 0.201. The average molecular weight is 122 g/mol. The number of nitrogens with zero attached hydrogens (tertiary/aromatic N) is 1. The number of aromatic nitrogens is 1. The first-order chi connectivity index (χ1) is 4.34. The highest BCUT2D eigenvalue weighted by Gasteiger charge is 1.81. The van der Waals surface area contributed by atoms with E-state index >= 15 is 0 Å². The SMILES string of the molecule is N=c1ccccn1C=O. The molecule has 1 N–H and O–H groups in total. The Bertz CT molecular complexity index is 264. The number of nitrogens with one attached hydrogen (secondary N) is 1. The molecule has 1 aromatic heterocycles. The zero-order valence-electron chi connectivity index (χ0n) is 4.74. The van der Waals surface area contributed by atoms with Crippen LogP contribution in [-0.2, 0) is 4.79 Å². The second-order valence-corrected chi connectivity index (χ2v) is 1.60. The van der Waals surface area contributed by atoms with E-state index in [1.807, 2.05) is 0 Å². The van der Waals surface area contributed by atoms with Gasteiger partial charge in [0.1, 0.15) is 5.49 Å². The molecule has 9 heavy (non-hydrogen) atoms. The smallest absolute Gasteiger partial charge is 0.219 e. The molecule has 0 saturated carbocycles. The van der Waals surface area contributed by atoms with E-state index in [0.29, 0.717) is 6.41 Å². The molecule has 1 rings (SSSR count). The minimum absolute atomic E-state index is 0.201. The van der Waals surface area contributed by atoms with Crippen LogP contribution in [-0.4, -0.2) is 11.0 Å². The molecule has 0 atom stereocenters. The first-order valence-electron chi connectivity index (χ1n) is 2.51. The molecule has 0 spiro atoms. The summed E-state index contributed by atoms with van der Waals surface area (Å²) < 4.78 is 1.19. The summed E-state index contributed by atoms with van der Waals surface area (Å²) >= 11 is 0. The third-order valence-corrected chi connectivity index (χ3v) is 1.00. The van der Waals surface area contributed by atoms with E-state index in [-0.39, 0.29) is 5.49 Å². The summed E-state index contributed by atoms with van der Waals surface area (Å²) in [5.74, 6) is 0. The lowest BCUT2D eigenvalue weighted by atomic mass is 10.5. The number of hydrogen-bond donors (Lipinski definition) is 1. The lowest BCUT2D eigenvalue weighted by Crippen LogP contribution is -2.16. The Morgan fingerprint density at radius 2 is 2.33 bits per heavy atom. The number of carbonyl (C=O) groups excluding carboxylic acids is 1. The lowest BCUT2D eigenvalue weighted by Gasteiger charge is -1.90. The molecule has 0 aliphatic carbocycles. The normalized spacial score (nSPS) is 8.89. The van der Waals surface area contributed by atoms with E-state index in [4.69, 9.17) is 5.41 Å². The summed E-state index contributed by atoms with van der Waals surface area (Å²) in [4.78, 5) is 10.1. The molecule has 0 aliphatic rings. The van der Waals surface area contributed by atoms with E-state index in [1.165, 1.54) is 10.8 Å². The van der Waals surface area contributed by atoms with Crippen LogP contribution in [0, 0.1) is 5.41 Å². The molecule has 0 aromatic carbocycles. The van der Waals surface area contributed by atoms with E-state index in [1.54, 1.807) is 18.2 Å². The van der Waals surface area contributed by atoms with Crippen molar-refractivity contribution >= 4 is 6.41 Å². The minimum Gasteiger partial charge on any atom is -0.284 e. The van der Waals surface area contributed by atoms with Crippen molar-refractivity contribution < 1.29 is 4.79 Å². The fourth-order valence-electron chi connectivity index (χ4n) is 0.547. The molecule has 1 aromatic rings. The van der Waals surface area contributed by atoms with Gasteiger partial charge in [-0.3, -0.25) is 14.8 Å². The third-order valence-electron chi connectivity index (χ3n) is 1.00. The van der Waals surface area contributed by atoms with Gasteiger partial charge in [0, 0.05) is 6.20 Å². The monoisotopic (exact) mass is 122 g/mol. The van der Waals surface area contributed by atoms with E-state index in [0.717, 1.165) is 0 Å². The van der Waals surface area contributed by atoms with Crippen LogP contribution in [0.25, 0.3) is 0 Å². The summed E-state index contributed by atoms with van der Waals surface area (Å²) in [5, 5.41) is 7.10. The van der Waals surface area contributed by atoms with Crippen molar-refractivity contribution in [3.63, 3.8) is 0 Å². The van der Waals surface area contributed by atoms with Crippen molar-refractivity contribution in [1.29, 1.82) is 5.41 Å². The fourth-order valence-corrected chi connectivity index (χ4v) is 0.547. The molecule has 0 amide bonds. The van der Waals surface area contributed by atoms with Crippen LogP contribution in [0.15, 0.2) is 24.4 Å². The summed E-state index contributed by atoms with van der Waals surface area (Å²) in [5.41, 5.74) is 0.201. The van der Waals surface area contributed by atoms with Gasteiger partial charge in [-0.2, -0.15) is 0 Å². The van der Waals surface area contributed by atoms with Crippen LogP contribution in [0.3, 0.4) is 0 Å². The van der Waals surface area contributed by atoms with Gasteiger partial charge in [-0.1, -0.05) is 6.07 Å². The zero-order valence-corrected chi connectivity index (χ0v) is 4.74. The van der Waals surface area contributed by atoms with Crippen molar-refractivity contribution in [2.45, 2.75) is 0 Å². The molecule has 0 bridgehead atoms. The molecule has 0 fully saturated rings. The maximum absolute atomic E-state index is 10.1. The predicted octanol–water partition coefficient (Wildman–Crippen LogP) is 0.00587. The number of rotatable bonds is 1. The predicted molar refractivity (Wildman–Crippen MR) is 32.4 cm³/mol. The van der Waals surface area contributed by atoms with Crippen LogP contribution in [0.4, 0.5) is 0 Å². The Kier molecular flexibility index (Phi) is 1.44. The van der Waals surface area contributed by atoms with Crippen molar-refractivity contribution in [2.75, 3.05) is 0 Å². The van der Waals surface area contributed by atoms with Crippen LogP contribution < -0.4 is 5.49 Å². The summed E-state index contributed by atoms with van der Waals surface area (Å²) in [6.07, 6.45) is 2.14. The van der Waals surface area contributed by atoms with Crippen molar-refractivity contribution in [1.82, 2.24) is 4.57 Å². The molecular weight excluding hydrogens is 116 g/mol. The van der Waals surface area contributed by atoms with Gasteiger partial charge >= 0.3 is 0 Å². The Balaban J connectivity index is 3.32. The first kappa shape index (κ1) is 5.75.